The molecule has 0 atom stereocenters. The quantitative estimate of drug-likeness (QED) is 0.463. The van der Waals surface area contributed by atoms with E-state index in [0.717, 1.165) is 45.1 Å². The van der Waals surface area contributed by atoms with Gasteiger partial charge in [-0.25, -0.2) is 9.48 Å². The van der Waals surface area contributed by atoms with Crippen LogP contribution in [0.2, 0.25) is 0 Å². The Morgan fingerprint density at radius 3 is 2.47 bits per heavy atom. The molecule has 1 N–H and O–H groups in total. The Morgan fingerprint density at radius 1 is 1.00 bits per heavy atom. The van der Waals surface area contributed by atoms with E-state index in [-0.39, 0.29) is 6.03 Å². The van der Waals surface area contributed by atoms with Crippen molar-refractivity contribution in [1.29, 1.82) is 0 Å². The molecule has 0 unspecified atom stereocenters. The Balaban J connectivity index is 1.30. The van der Waals surface area contributed by atoms with Crippen molar-refractivity contribution in [2.24, 2.45) is 0 Å². The third kappa shape index (κ3) is 4.56. The molecule has 2 amide bonds. The maximum Gasteiger partial charge on any atom is 0.317 e. The van der Waals surface area contributed by atoms with Crippen molar-refractivity contribution in [3.63, 3.8) is 0 Å². The SMILES string of the molecule is COc1cccc(CNC(=O)N2CCN(c3nnc(C)c4c(C)n(-c5ccc(C)cc5)nc34)CC2)c1. The topological polar surface area (TPSA) is 88.4 Å². The van der Waals surface area contributed by atoms with Gasteiger partial charge in [0.1, 0.15) is 11.3 Å². The van der Waals surface area contributed by atoms with Crippen molar-refractivity contribution in [2.75, 3.05) is 38.2 Å². The molecule has 186 valence electrons. The van der Waals surface area contributed by atoms with Crippen molar-refractivity contribution in [2.45, 2.75) is 27.3 Å². The number of urea groups is 1. The number of piperazine rings is 1. The average molecular weight is 486 g/mol. The van der Waals surface area contributed by atoms with Crippen molar-refractivity contribution in [3.8, 4) is 11.4 Å². The van der Waals surface area contributed by atoms with Crippen LogP contribution >= 0.6 is 0 Å². The Morgan fingerprint density at radius 2 is 1.75 bits per heavy atom. The van der Waals surface area contributed by atoms with E-state index in [9.17, 15) is 4.79 Å². The van der Waals surface area contributed by atoms with Crippen LogP contribution in [-0.4, -0.2) is 64.2 Å². The molecule has 0 aliphatic carbocycles. The number of nitrogens with zero attached hydrogens (tertiary/aromatic N) is 6. The lowest BCUT2D eigenvalue weighted by Gasteiger charge is -2.35. The standard InChI is InChI=1S/C27H31N7O2/c1-18-8-10-22(11-9-18)34-20(3)24-19(2)29-30-26(25(24)31-34)32-12-14-33(15-13-32)27(35)28-17-21-6-5-7-23(16-21)36-4/h5-11,16H,12-15,17H2,1-4H3,(H,28,35). The molecule has 0 saturated carbocycles. The number of ether oxygens (including phenoxy) is 1. The lowest BCUT2D eigenvalue weighted by atomic mass is 10.2. The van der Waals surface area contributed by atoms with Crippen molar-refractivity contribution in [1.82, 2.24) is 30.2 Å². The molecule has 1 fully saturated rings. The molecule has 0 bridgehead atoms. The molecule has 4 aromatic rings. The Hall–Kier alpha value is -4.14. The second-order valence-corrected chi connectivity index (χ2v) is 9.15. The summed E-state index contributed by atoms with van der Waals surface area (Å²) in [5.74, 6) is 1.54. The predicted octanol–water partition coefficient (Wildman–Crippen LogP) is 3.78. The molecule has 36 heavy (non-hydrogen) atoms. The summed E-state index contributed by atoms with van der Waals surface area (Å²) < 4.78 is 7.23. The van der Waals surface area contributed by atoms with Gasteiger partial charge in [-0.1, -0.05) is 29.8 Å². The van der Waals surface area contributed by atoms with Gasteiger partial charge >= 0.3 is 6.03 Å². The fourth-order valence-electron chi connectivity index (χ4n) is 4.66. The van der Waals surface area contributed by atoms with E-state index < -0.39 is 0 Å². The number of rotatable bonds is 5. The third-order valence-corrected chi connectivity index (χ3v) is 6.71. The minimum atomic E-state index is -0.0721. The second kappa shape index (κ2) is 9.85. The van der Waals surface area contributed by atoms with Gasteiger partial charge in [-0.3, -0.25) is 0 Å². The van der Waals surface area contributed by atoms with E-state index in [4.69, 9.17) is 9.84 Å². The molecule has 1 aliphatic rings. The van der Waals surface area contributed by atoms with Crippen LogP contribution in [0.3, 0.4) is 0 Å². The number of methoxy groups -OCH3 is 1. The molecule has 3 heterocycles. The second-order valence-electron chi connectivity index (χ2n) is 9.15. The monoisotopic (exact) mass is 485 g/mol. The number of carbonyl (C=O) groups is 1. The highest BCUT2D eigenvalue weighted by atomic mass is 16.5. The van der Waals surface area contributed by atoms with Crippen molar-refractivity contribution < 1.29 is 9.53 Å². The number of anilines is 1. The van der Waals surface area contributed by atoms with Crippen LogP contribution < -0.4 is 15.0 Å². The summed E-state index contributed by atoms with van der Waals surface area (Å²) in [6, 6.07) is 16.0. The molecule has 9 heteroatoms. The molecule has 5 rings (SSSR count). The minimum Gasteiger partial charge on any atom is -0.497 e. The number of carbonyl (C=O) groups excluding carboxylic acids is 1. The van der Waals surface area contributed by atoms with Gasteiger partial charge in [0.15, 0.2) is 5.82 Å². The van der Waals surface area contributed by atoms with Gasteiger partial charge in [-0.05, 0) is 50.6 Å². The first kappa shape index (κ1) is 23.6. The molecule has 1 aliphatic heterocycles. The zero-order valence-electron chi connectivity index (χ0n) is 21.2. The number of amides is 2. The maximum absolute atomic E-state index is 12.8. The molecular weight excluding hydrogens is 454 g/mol. The number of nitrogens with one attached hydrogen (secondary N) is 1. The minimum absolute atomic E-state index is 0.0721. The lowest BCUT2D eigenvalue weighted by Crippen LogP contribution is -2.52. The molecular formula is C27H31N7O2. The Kier molecular flexibility index (Phi) is 6.45. The van der Waals surface area contributed by atoms with E-state index in [1.54, 1.807) is 7.11 Å². The van der Waals surface area contributed by atoms with Crippen LogP contribution in [0.5, 0.6) is 5.75 Å². The molecule has 0 spiro atoms. The van der Waals surface area contributed by atoms with Crippen molar-refractivity contribution in [3.05, 3.63) is 71.0 Å². The van der Waals surface area contributed by atoms with Crippen LogP contribution in [0, 0.1) is 20.8 Å². The predicted molar refractivity (Wildman–Crippen MR) is 140 cm³/mol. The lowest BCUT2D eigenvalue weighted by molar-refractivity contribution is 0.194. The van der Waals surface area contributed by atoms with Gasteiger partial charge in [0.25, 0.3) is 0 Å². The number of fused-ring (bicyclic) bond motifs is 1. The van der Waals surface area contributed by atoms with Crippen LogP contribution in [0.4, 0.5) is 10.6 Å². The zero-order chi connectivity index (χ0) is 25.2. The van der Waals surface area contributed by atoms with Gasteiger partial charge < -0.3 is 19.9 Å². The van der Waals surface area contributed by atoms with Crippen LogP contribution in [0.15, 0.2) is 48.5 Å². The number of aryl methyl sites for hydroxylation is 3. The normalized spacial score (nSPS) is 13.8. The maximum atomic E-state index is 12.8. The van der Waals surface area contributed by atoms with E-state index in [0.29, 0.717) is 32.7 Å². The van der Waals surface area contributed by atoms with Crippen LogP contribution in [-0.2, 0) is 6.54 Å². The molecule has 9 nitrogen and oxygen atoms in total. The fourth-order valence-corrected chi connectivity index (χ4v) is 4.66. The smallest absolute Gasteiger partial charge is 0.317 e. The summed E-state index contributed by atoms with van der Waals surface area (Å²) in [6.07, 6.45) is 0. The first-order valence-corrected chi connectivity index (χ1v) is 12.1. The number of benzene rings is 2. The van der Waals surface area contributed by atoms with E-state index in [1.807, 2.05) is 40.8 Å². The van der Waals surface area contributed by atoms with E-state index in [1.165, 1.54) is 5.56 Å². The zero-order valence-corrected chi connectivity index (χ0v) is 21.2. The Bertz CT molecular complexity index is 1390. The summed E-state index contributed by atoms with van der Waals surface area (Å²) in [4.78, 5) is 16.8. The summed E-state index contributed by atoms with van der Waals surface area (Å²) in [5.41, 5.74) is 5.96. The summed E-state index contributed by atoms with van der Waals surface area (Å²) >= 11 is 0. The van der Waals surface area contributed by atoms with Gasteiger partial charge in [0.2, 0.25) is 0 Å². The van der Waals surface area contributed by atoms with Crippen LogP contribution in [0.1, 0.15) is 22.5 Å². The van der Waals surface area contributed by atoms with Gasteiger partial charge in [-0.15, -0.1) is 5.10 Å². The number of hydrogen-bond acceptors (Lipinski definition) is 6. The van der Waals surface area contributed by atoms with Gasteiger partial charge in [0.05, 0.1) is 29.6 Å². The Labute approximate surface area is 210 Å². The van der Waals surface area contributed by atoms with E-state index >= 15 is 0 Å². The first-order valence-electron chi connectivity index (χ1n) is 12.1. The van der Waals surface area contributed by atoms with E-state index in [2.05, 4.69) is 58.5 Å². The molecule has 2 aromatic carbocycles. The first-order chi connectivity index (χ1) is 17.4. The highest BCUT2D eigenvalue weighted by Crippen LogP contribution is 2.30. The van der Waals surface area contributed by atoms with Gasteiger partial charge in [0, 0.05) is 32.7 Å². The largest absolute Gasteiger partial charge is 0.497 e. The molecule has 2 aromatic heterocycles. The molecule has 1 saturated heterocycles. The third-order valence-electron chi connectivity index (χ3n) is 6.71. The molecule has 0 radical (unpaired) electrons. The number of aromatic nitrogens is 4. The number of hydrogen-bond donors (Lipinski definition) is 1. The van der Waals surface area contributed by atoms with Crippen LogP contribution in [0.25, 0.3) is 16.6 Å². The van der Waals surface area contributed by atoms with Gasteiger partial charge in [-0.2, -0.15) is 10.2 Å². The highest BCUT2D eigenvalue weighted by Gasteiger charge is 2.26. The van der Waals surface area contributed by atoms with Crippen molar-refractivity contribution >= 4 is 22.8 Å². The summed E-state index contributed by atoms with van der Waals surface area (Å²) in [5, 5.41) is 18.0. The fraction of sp³-hybridized carbons (Fsp3) is 0.333. The average Bonchev–Trinajstić information content (AvgIpc) is 3.26. The summed E-state index contributed by atoms with van der Waals surface area (Å²) in [6.45, 7) is 9.08. The highest BCUT2D eigenvalue weighted by molar-refractivity contribution is 5.92. The summed E-state index contributed by atoms with van der Waals surface area (Å²) in [7, 11) is 1.64.